The van der Waals surface area contributed by atoms with E-state index in [0.29, 0.717) is 0 Å². The second kappa shape index (κ2) is 6.47. The van der Waals surface area contributed by atoms with Gasteiger partial charge in [0.1, 0.15) is 12.4 Å². The van der Waals surface area contributed by atoms with Crippen LogP contribution in [0.2, 0.25) is 0 Å². The zero-order valence-corrected chi connectivity index (χ0v) is 11.8. The minimum atomic E-state index is -0.856. The van der Waals surface area contributed by atoms with Gasteiger partial charge in [-0.25, -0.2) is 13.6 Å². The number of carbonyl (C=O) groups excluding carboxylic acids is 1. The van der Waals surface area contributed by atoms with Crippen molar-refractivity contribution in [3.63, 3.8) is 0 Å². The fraction of sp³-hybridized carbons (Fsp3) is 0.0714. The molecule has 2 aromatic carbocycles. The number of halogens is 3. The van der Waals surface area contributed by atoms with E-state index in [4.69, 9.17) is 4.74 Å². The van der Waals surface area contributed by atoms with Gasteiger partial charge in [-0.1, -0.05) is 30.3 Å². The SMILES string of the molecule is O=C(Nc1cc(F)cc(Br)c1F)OCc1ccccc1. The van der Waals surface area contributed by atoms with Gasteiger partial charge in [0.05, 0.1) is 10.2 Å². The van der Waals surface area contributed by atoms with Crippen LogP contribution in [0.5, 0.6) is 0 Å². The first kappa shape index (κ1) is 14.5. The van der Waals surface area contributed by atoms with Gasteiger partial charge in [-0.3, -0.25) is 5.32 Å². The number of benzene rings is 2. The number of hydrogen-bond acceptors (Lipinski definition) is 2. The van der Waals surface area contributed by atoms with Crippen molar-refractivity contribution in [3.8, 4) is 0 Å². The maximum absolute atomic E-state index is 13.6. The third-order valence-electron chi connectivity index (χ3n) is 2.44. The van der Waals surface area contributed by atoms with Crippen molar-refractivity contribution in [2.45, 2.75) is 6.61 Å². The van der Waals surface area contributed by atoms with Gasteiger partial charge >= 0.3 is 6.09 Å². The molecule has 0 atom stereocenters. The normalized spacial score (nSPS) is 10.2. The Labute approximate surface area is 122 Å². The van der Waals surface area contributed by atoms with Crippen LogP contribution in [0.25, 0.3) is 0 Å². The zero-order chi connectivity index (χ0) is 14.5. The van der Waals surface area contributed by atoms with Gasteiger partial charge < -0.3 is 4.74 Å². The van der Waals surface area contributed by atoms with E-state index in [1.807, 2.05) is 6.07 Å². The van der Waals surface area contributed by atoms with E-state index in [2.05, 4.69) is 21.2 Å². The van der Waals surface area contributed by atoms with E-state index in [-0.39, 0.29) is 16.8 Å². The van der Waals surface area contributed by atoms with E-state index in [1.54, 1.807) is 24.3 Å². The van der Waals surface area contributed by atoms with E-state index < -0.39 is 17.7 Å². The van der Waals surface area contributed by atoms with Crippen LogP contribution < -0.4 is 5.32 Å². The summed E-state index contributed by atoms with van der Waals surface area (Å²) in [5, 5.41) is 2.16. The molecule has 0 heterocycles. The lowest BCUT2D eigenvalue weighted by Gasteiger charge is -2.09. The Morgan fingerprint density at radius 3 is 2.60 bits per heavy atom. The Morgan fingerprint density at radius 2 is 1.90 bits per heavy atom. The summed E-state index contributed by atoms with van der Waals surface area (Å²) < 4.78 is 31.6. The first-order valence-corrected chi connectivity index (χ1v) is 6.48. The van der Waals surface area contributed by atoms with Crippen LogP contribution in [0.1, 0.15) is 5.56 Å². The monoisotopic (exact) mass is 341 g/mol. The minimum absolute atomic E-state index is 0.0464. The van der Waals surface area contributed by atoms with Gasteiger partial charge in [0.15, 0.2) is 5.82 Å². The molecule has 2 aromatic rings. The molecule has 0 spiro atoms. The van der Waals surface area contributed by atoms with Gasteiger partial charge in [-0.2, -0.15) is 0 Å². The van der Waals surface area contributed by atoms with Crippen molar-refractivity contribution in [1.82, 2.24) is 0 Å². The highest BCUT2D eigenvalue weighted by Crippen LogP contribution is 2.24. The number of hydrogen-bond donors (Lipinski definition) is 1. The molecule has 6 heteroatoms. The van der Waals surface area contributed by atoms with Crippen molar-refractivity contribution >= 4 is 27.7 Å². The van der Waals surface area contributed by atoms with E-state index in [9.17, 15) is 13.6 Å². The Morgan fingerprint density at radius 1 is 1.20 bits per heavy atom. The van der Waals surface area contributed by atoms with Gasteiger partial charge in [0, 0.05) is 6.07 Å². The van der Waals surface area contributed by atoms with Crippen LogP contribution in [0.3, 0.4) is 0 Å². The summed E-state index contributed by atoms with van der Waals surface area (Å²) in [6, 6.07) is 10.9. The highest BCUT2D eigenvalue weighted by molar-refractivity contribution is 9.10. The Hall–Kier alpha value is -1.95. The number of anilines is 1. The number of amides is 1. The molecule has 3 nitrogen and oxygen atoms in total. The molecule has 0 fully saturated rings. The summed E-state index contributed by atoms with van der Waals surface area (Å²) in [6.07, 6.45) is -0.856. The predicted octanol–water partition coefficient (Wildman–Crippen LogP) is 4.48. The molecule has 0 aromatic heterocycles. The summed E-state index contributed by atoms with van der Waals surface area (Å²) in [6.45, 7) is 0.0464. The topological polar surface area (TPSA) is 38.3 Å². The van der Waals surface area contributed by atoms with Gasteiger partial charge in [-0.05, 0) is 27.6 Å². The first-order valence-electron chi connectivity index (χ1n) is 5.68. The van der Waals surface area contributed by atoms with Crippen molar-refractivity contribution in [2.75, 3.05) is 5.32 Å². The Balaban J connectivity index is 1.98. The molecule has 0 saturated heterocycles. The van der Waals surface area contributed by atoms with Crippen molar-refractivity contribution < 1.29 is 18.3 Å². The third kappa shape index (κ3) is 3.77. The molecular formula is C14H10BrF2NO2. The quantitative estimate of drug-likeness (QED) is 0.836. The molecule has 0 aliphatic heterocycles. The number of ether oxygens (including phenoxy) is 1. The van der Waals surface area contributed by atoms with E-state index in [0.717, 1.165) is 17.7 Å². The Kier molecular flexibility index (Phi) is 4.68. The molecule has 20 heavy (non-hydrogen) atoms. The molecule has 0 bridgehead atoms. The summed E-state index contributed by atoms with van der Waals surface area (Å²) in [7, 11) is 0. The van der Waals surface area contributed by atoms with E-state index >= 15 is 0 Å². The lowest BCUT2D eigenvalue weighted by atomic mass is 10.2. The zero-order valence-electron chi connectivity index (χ0n) is 10.2. The van der Waals surface area contributed by atoms with Gasteiger partial charge in [0.2, 0.25) is 0 Å². The number of rotatable bonds is 3. The second-order valence-electron chi connectivity index (χ2n) is 3.94. The van der Waals surface area contributed by atoms with Crippen LogP contribution >= 0.6 is 15.9 Å². The smallest absolute Gasteiger partial charge is 0.412 e. The second-order valence-corrected chi connectivity index (χ2v) is 4.79. The molecule has 0 aliphatic carbocycles. The fourth-order valence-electron chi connectivity index (χ4n) is 1.52. The molecule has 1 amide bonds. The maximum atomic E-state index is 13.6. The first-order chi connectivity index (χ1) is 9.56. The maximum Gasteiger partial charge on any atom is 0.412 e. The average molecular weight is 342 g/mol. The average Bonchev–Trinajstić information content (AvgIpc) is 2.43. The summed E-state index contributed by atoms with van der Waals surface area (Å²) >= 11 is 2.86. The van der Waals surface area contributed by atoms with Crippen LogP contribution in [-0.2, 0) is 11.3 Å². The Bertz CT molecular complexity index is 620. The lowest BCUT2D eigenvalue weighted by molar-refractivity contribution is 0.155. The van der Waals surface area contributed by atoms with Crippen molar-refractivity contribution in [2.24, 2.45) is 0 Å². The minimum Gasteiger partial charge on any atom is -0.444 e. The molecule has 104 valence electrons. The fourth-order valence-corrected chi connectivity index (χ4v) is 1.95. The van der Waals surface area contributed by atoms with Gasteiger partial charge in [0.25, 0.3) is 0 Å². The largest absolute Gasteiger partial charge is 0.444 e. The van der Waals surface area contributed by atoms with Crippen LogP contribution in [0.15, 0.2) is 46.9 Å². The molecule has 0 unspecified atom stereocenters. The number of nitrogens with one attached hydrogen (secondary N) is 1. The highest BCUT2D eigenvalue weighted by atomic mass is 79.9. The van der Waals surface area contributed by atoms with Crippen LogP contribution in [0.4, 0.5) is 19.3 Å². The molecular weight excluding hydrogens is 332 g/mol. The summed E-state index contributed by atoms with van der Waals surface area (Å²) in [5.41, 5.74) is 0.512. The lowest BCUT2D eigenvalue weighted by Crippen LogP contribution is -2.14. The van der Waals surface area contributed by atoms with Crippen molar-refractivity contribution in [3.05, 3.63) is 64.1 Å². The summed E-state index contributed by atoms with van der Waals surface area (Å²) in [5.74, 6) is -1.43. The molecule has 0 aliphatic rings. The van der Waals surface area contributed by atoms with Crippen LogP contribution in [0, 0.1) is 11.6 Å². The molecule has 1 N–H and O–H groups in total. The molecule has 0 saturated carbocycles. The van der Waals surface area contributed by atoms with Crippen molar-refractivity contribution in [1.29, 1.82) is 0 Å². The predicted molar refractivity (Wildman–Crippen MR) is 74.3 cm³/mol. The standard InChI is InChI=1S/C14H10BrF2NO2/c15-11-6-10(16)7-12(13(11)17)18-14(19)20-8-9-4-2-1-3-5-9/h1-7H,8H2,(H,18,19). The van der Waals surface area contributed by atoms with E-state index in [1.165, 1.54) is 0 Å². The van der Waals surface area contributed by atoms with Gasteiger partial charge in [-0.15, -0.1) is 0 Å². The molecule has 0 radical (unpaired) electrons. The molecule has 2 rings (SSSR count). The highest BCUT2D eigenvalue weighted by Gasteiger charge is 2.12. The third-order valence-corrected chi connectivity index (χ3v) is 3.02. The summed E-state index contributed by atoms with van der Waals surface area (Å²) in [4.78, 5) is 11.5. The van der Waals surface area contributed by atoms with Crippen LogP contribution in [-0.4, -0.2) is 6.09 Å². The number of carbonyl (C=O) groups is 1.